The van der Waals surface area contributed by atoms with E-state index in [4.69, 9.17) is 10.5 Å². The average molecular weight is 257 g/mol. The minimum Gasteiger partial charge on any atom is -0.508 e. The molecule has 0 amide bonds. The molecule has 0 aliphatic heterocycles. The smallest absolute Gasteiger partial charge is 0.124 e. The molecule has 0 saturated heterocycles. The second-order valence-electron chi connectivity index (χ2n) is 4.79. The maximum Gasteiger partial charge on any atom is 0.124 e. The zero-order valence-corrected chi connectivity index (χ0v) is 11.3. The van der Waals surface area contributed by atoms with E-state index >= 15 is 0 Å². The highest BCUT2D eigenvalue weighted by atomic mass is 16.5. The van der Waals surface area contributed by atoms with Crippen LogP contribution in [0.2, 0.25) is 0 Å². The first-order valence-corrected chi connectivity index (χ1v) is 6.33. The van der Waals surface area contributed by atoms with Gasteiger partial charge in [0.2, 0.25) is 0 Å². The first kappa shape index (κ1) is 13.4. The average Bonchev–Trinajstić information content (AvgIpc) is 2.36. The van der Waals surface area contributed by atoms with E-state index in [2.05, 4.69) is 0 Å². The van der Waals surface area contributed by atoms with Crippen molar-refractivity contribution in [3.63, 3.8) is 0 Å². The molecule has 2 aromatic carbocycles. The zero-order chi connectivity index (χ0) is 13.8. The Morgan fingerprint density at radius 2 is 2.00 bits per heavy atom. The van der Waals surface area contributed by atoms with Gasteiger partial charge < -0.3 is 15.6 Å². The normalized spacial score (nSPS) is 12.2. The molecule has 2 aromatic rings. The van der Waals surface area contributed by atoms with Crippen molar-refractivity contribution in [3.05, 3.63) is 59.2 Å². The van der Waals surface area contributed by atoms with Gasteiger partial charge in [-0.05, 0) is 43.2 Å². The van der Waals surface area contributed by atoms with Crippen LogP contribution in [0.25, 0.3) is 0 Å². The van der Waals surface area contributed by atoms with Gasteiger partial charge >= 0.3 is 0 Å². The molecule has 0 heterocycles. The fourth-order valence-electron chi connectivity index (χ4n) is 1.95. The number of ether oxygens (including phenoxy) is 1. The summed E-state index contributed by atoms with van der Waals surface area (Å²) in [7, 11) is 0. The van der Waals surface area contributed by atoms with Crippen molar-refractivity contribution in [1.82, 2.24) is 0 Å². The second kappa shape index (κ2) is 5.76. The third kappa shape index (κ3) is 3.48. The number of aryl methyl sites for hydroxylation is 1. The Kier molecular flexibility index (Phi) is 4.07. The Labute approximate surface area is 113 Å². The van der Waals surface area contributed by atoms with E-state index in [0.717, 1.165) is 22.4 Å². The van der Waals surface area contributed by atoms with E-state index in [1.165, 1.54) is 0 Å². The number of nitrogens with two attached hydrogens (primary N) is 1. The van der Waals surface area contributed by atoms with Crippen molar-refractivity contribution in [2.24, 2.45) is 5.73 Å². The Morgan fingerprint density at radius 3 is 2.68 bits per heavy atom. The minimum atomic E-state index is -0.0697. The van der Waals surface area contributed by atoms with Gasteiger partial charge in [-0.1, -0.05) is 24.3 Å². The second-order valence-corrected chi connectivity index (χ2v) is 4.79. The molecule has 0 fully saturated rings. The summed E-state index contributed by atoms with van der Waals surface area (Å²) in [4.78, 5) is 0. The molecule has 3 heteroatoms. The predicted octanol–water partition coefficient (Wildman–Crippen LogP) is 3.30. The summed E-state index contributed by atoms with van der Waals surface area (Å²) in [5.41, 5.74) is 8.99. The summed E-state index contributed by atoms with van der Waals surface area (Å²) in [6.45, 7) is 4.37. The number of phenols is 1. The third-order valence-electron chi connectivity index (χ3n) is 2.96. The van der Waals surface area contributed by atoms with E-state index in [9.17, 15) is 5.11 Å². The van der Waals surface area contributed by atoms with Crippen LogP contribution in [-0.4, -0.2) is 5.11 Å². The molecule has 0 aliphatic rings. The number of phenolic OH excluding ortho intramolecular Hbond substituents is 1. The van der Waals surface area contributed by atoms with Crippen molar-refractivity contribution < 1.29 is 9.84 Å². The molecule has 0 radical (unpaired) electrons. The predicted molar refractivity (Wildman–Crippen MR) is 76.2 cm³/mol. The molecule has 0 aromatic heterocycles. The molecule has 19 heavy (non-hydrogen) atoms. The molecule has 1 unspecified atom stereocenters. The SMILES string of the molecule is Cc1ccc(C(C)N)c(OCc2cccc(O)c2)c1. The quantitative estimate of drug-likeness (QED) is 0.883. The fraction of sp³-hybridized carbons (Fsp3) is 0.250. The molecular formula is C16H19NO2. The maximum absolute atomic E-state index is 9.42. The summed E-state index contributed by atoms with van der Waals surface area (Å²) in [6, 6.07) is 13.0. The molecular weight excluding hydrogens is 238 g/mol. The van der Waals surface area contributed by atoms with Crippen molar-refractivity contribution in [2.75, 3.05) is 0 Å². The van der Waals surface area contributed by atoms with E-state index in [1.54, 1.807) is 18.2 Å². The van der Waals surface area contributed by atoms with Crippen LogP contribution in [0.15, 0.2) is 42.5 Å². The Bertz CT molecular complexity index is 564. The van der Waals surface area contributed by atoms with Gasteiger partial charge in [0, 0.05) is 11.6 Å². The summed E-state index contributed by atoms with van der Waals surface area (Å²) < 4.78 is 5.83. The topological polar surface area (TPSA) is 55.5 Å². The van der Waals surface area contributed by atoms with Crippen LogP contribution < -0.4 is 10.5 Å². The lowest BCUT2D eigenvalue weighted by atomic mass is 10.1. The zero-order valence-electron chi connectivity index (χ0n) is 11.3. The number of hydrogen-bond acceptors (Lipinski definition) is 3. The van der Waals surface area contributed by atoms with Crippen molar-refractivity contribution in [2.45, 2.75) is 26.5 Å². The Morgan fingerprint density at radius 1 is 1.21 bits per heavy atom. The highest BCUT2D eigenvalue weighted by Crippen LogP contribution is 2.26. The molecule has 0 bridgehead atoms. The van der Waals surface area contributed by atoms with Crippen molar-refractivity contribution in [3.8, 4) is 11.5 Å². The van der Waals surface area contributed by atoms with Gasteiger partial charge in [0.05, 0.1) is 0 Å². The number of rotatable bonds is 4. The Hall–Kier alpha value is -2.00. The maximum atomic E-state index is 9.42. The monoisotopic (exact) mass is 257 g/mol. The lowest BCUT2D eigenvalue weighted by molar-refractivity contribution is 0.300. The van der Waals surface area contributed by atoms with Crippen molar-refractivity contribution in [1.29, 1.82) is 0 Å². The van der Waals surface area contributed by atoms with Gasteiger partial charge in [0.1, 0.15) is 18.1 Å². The molecule has 2 rings (SSSR count). The molecule has 100 valence electrons. The largest absolute Gasteiger partial charge is 0.508 e. The summed E-state index contributed by atoms with van der Waals surface area (Å²) in [5, 5.41) is 9.42. The first-order chi connectivity index (χ1) is 9.06. The number of aromatic hydroxyl groups is 1. The summed E-state index contributed by atoms with van der Waals surface area (Å²) in [6.07, 6.45) is 0. The van der Waals surface area contributed by atoms with E-state index in [-0.39, 0.29) is 11.8 Å². The van der Waals surface area contributed by atoms with E-state index in [1.807, 2.05) is 38.1 Å². The van der Waals surface area contributed by atoms with E-state index < -0.39 is 0 Å². The van der Waals surface area contributed by atoms with Crippen molar-refractivity contribution >= 4 is 0 Å². The van der Waals surface area contributed by atoms with Gasteiger partial charge in [-0.25, -0.2) is 0 Å². The molecule has 0 saturated carbocycles. The fourth-order valence-corrected chi connectivity index (χ4v) is 1.95. The minimum absolute atomic E-state index is 0.0697. The summed E-state index contributed by atoms with van der Waals surface area (Å²) >= 11 is 0. The molecule has 3 nitrogen and oxygen atoms in total. The van der Waals surface area contributed by atoms with Gasteiger partial charge in [0.25, 0.3) is 0 Å². The van der Waals surface area contributed by atoms with E-state index in [0.29, 0.717) is 6.61 Å². The van der Waals surface area contributed by atoms with Crippen LogP contribution in [0.5, 0.6) is 11.5 Å². The highest BCUT2D eigenvalue weighted by Gasteiger charge is 2.08. The lowest BCUT2D eigenvalue weighted by Crippen LogP contribution is -2.08. The Balaban J connectivity index is 2.17. The van der Waals surface area contributed by atoms with Crippen LogP contribution in [-0.2, 0) is 6.61 Å². The molecule has 0 aliphatic carbocycles. The van der Waals surface area contributed by atoms with Gasteiger partial charge in [-0.15, -0.1) is 0 Å². The number of benzene rings is 2. The molecule has 3 N–H and O–H groups in total. The van der Waals surface area contributed by atoms with Crippen LogP contribution in [0.3, 0.4) is 0 Å². The van der Waals surface area contributed by atoms with Gasteiger partial charge in [-0.3, -0.25) is 0 Å². The summed E-state index contributed by atoms with van der Waals surface area (Å²) in [5.74, 6) is 1.05. The third-order valence-corrected chi connectivity index (χ3v) is 2.96. The molecule has 1 atom stereocenters. The first-order valence-electron chi connectivity index (χ1n) is 6.33. The standard InChI is InChI=1S/C16H19NO2/c1-11-6-7-15(12(2)17)16(8-11)19-10-13-4-3-5-14(18)9-13/h3-9,12,18H,10,17H2,1-2H3. The number of hydrogen-bond donors (Lipinski definition) is 2. The molecule has 0 spiro atoms. The van der Waals surface area contributed by atoms with Crippen LogP contribution in [0, 0.1) is 6.92 Å². The highest BCUT2D eigenvalue weighted by molar-refractivity contribution is 5.39. The van der Waals surface area contributed by atoms with Crippen LogP contribution in [0.4, 0.5) is 0 Å². The van der Waals surface area contributed by atoms with Gasteiger partial charge in [-0.2, -0.15) is 0 Å². The lowest BCUT2D eigenvalue weighted by Gasteiger charge is -2.15. The van der Waals surface area contributed by atoms with Crippen LogP contribution >= 0.6 is 0 Å². The van der Waals surface area contributed by atoms with Gasteiger partial charge in [0.15, 0.2) is 0 Å². The van der Waals surface area contributed by atoms with Crippen LogP contribution in [0.1, 0.15) is 29.7 Å².